The first-order valence-electron chi connectivity index (χ1n) is 9.73. The third kappa shape index (κ3) is 11.0. The molecule has 1 amide bonds. The average molecular weight is 418 g/mol. The molecular weight excluding hydrogens is 388 g/mol. The van der Waals surface area contributed by atoms with Crippen LogP contribution in [0.5, 0.6) is 5.75 Å². The van der Waals surface area contributed by atoms with Gasteiger partial charge in [-0.15, -0.1) is 0 Å². The molecule has 0 saturated carbocycles. The SMILES string of the molecule is COC(=O)[C@H](C/C=C\c1ccc(OCCCCN=[N+]=[N-])cc1)NC(=O)OC(C)(C)C. The second-order valence-electron chi connectivity index (χ2n) is 7.44. The second kappa shape index (κ2) is 13.1. The van der Waals surface area contributed by atoms with Crippen LogP contribution < -0.4 is 10.1 Å². The predicted octanol–water partition coefficient (Wildman–Crippen LogP) is 4.63. The summed E-state index contributed by atoms with van der Waals surface area (Å²) in [7, 11) is 1.27. The molecular formula is C21H30N4O5. The maximum absolute atomic E-state index is 11.9. The maximum Gasteiger partial charge on any atom is 0.408 e. The number of nitrogens with zero attached hydrogens (tertiary/aromatic N) is 3. The summed E-state index contributed by atoms with van der Waals surface area (Å²) in [5.74, 6) is 0.199. The number of benzene rings is 1. The zero-order valence-corrected chi connectivity index (χ0v) is 18.0. The Morgan fingerprint density at radius 1 is 1.23 bits per heavy atom. The molecule has 1 atom stereocenters. The lowest BCUT2D eigenvalue weighted by Gasteiger charge is -2.22. The molecule has 0 aliphatic heterocycles. The van der Waals surface area contributed by atoms with Crippen molar-refractivity contribution >= 4 is 18.1 Å². The highest BCUT2D eigenvalue weighted by Gasteiger charge is 2.23. The van der Waals surface area contributed by atoms with Crippen LogP contribution in [-0.2, 0) is 14.3 Å². The molecule has 9 nitrogen and oxygen atoms in total. The van der Waals surface area contributed by atoms with Crippen molar-refractivity contribution in [1.82, 2.24) is 5.32 Å². The molecule has 0 aromatic heterocycles. The Bertz CT molecular complexity index is 750. The number of nitrogens with one attached hydrogen (secondary N) is 1. The lowest BCUT2D eigenvalue weighted by molar-refractivity contribution is -0.143. The Balaban J connectivity index is 2.53. The van der Waals surface area contributed by atoms with Crippen LogP contribution in [0.4, 0.5) is 4.79 Å². The molecule has 0 heterocycles. The van der Waals surface area contributed by atoms with E-state index >= 15 is 0 Å². The van der Waals surface area contributed by atoms with Crippen molar-refractivity contribution in [1.29, 1.82) is 0 Å². The highest BCUT2D eigenvalue weighted by atomic mass is 16.6. The van der Waals surface area contributed by atoms with Gasteiger partial charge in [-0.25, -0.2) is 9.59 Å². The summed E-state index contributed by atoms with van der Waals surface area (Å²) in [6, 6.07) is 6.64. The number of amides is 1. The number of hydrogen-bond acceptors (Lipinski definition) is 6. The second-order valence-corrected chi connectivity index (χ2v) is 7.44. The zero-order valence-electron chi connectivity index (χ0n) is 18.0. The Hall–Kier alpha value is -3.19. The van der Waals surface area contributed by atoms with E-state index in [2.05, 4.69) is 15.3 Å². The Morgan fingerprint density at radius 2 is 1.93 bits per heavy atom. The maximum atomic E-state index is 11.9. The van der Waals surface area contributed by atoms with E-state index < -0.39 is 23.7 Å². The third-order valence-electron chi connectivity index (χ3n) is 3.72. The van der Waals surface area contributed by atoms with Gasteiger partial charge in [0.1, 0.15) is 17.4 Å². The van der Waals surface area contributed by atoms with Gasteiger partial charge in [-0.1, -0.05) is 29.4 Å². The van der Waals surface area contributed by atoms with E-state index in [-0.39, 0.29) is 6.42 Å². The van der Waals surface area contributed by atoms with Gasteiger partial charge in [0.2, 0.25) is 0 Å². The van der Waals surface area contributed by atoms with Crippen LogP contribution in [0, 0.1) is 0 Å². The van der Waals surface area contributed by atoms with Gasteiger partial charge in [-0.3, -0.25) is 0 Å². The summed E-state index contributed by atoms with van der Waals surface area (Å²) in [5, 5.41) is 6.00. The number of azide groups is 1. The number of alkyl carbamates (subject to hydrolysis) is 1. The first kappa shape index (κ1) is 24.8. The van der Waals surface area contributed by atoms with Crippen molar-refractivity contribution < 1.29 is 23.8 Å². The number of rotatable bonds is 11. The third-order valence-corrected chi connectivity index (χ3v) is 3.72. The van der Waals surface area contributed by atoms with Crippen LogP contribution in [0.3, 0.4) is 0 Å². The van der Waals surface area contributed by atoms with E-state index in [9.17, 15) is 9.59 Å². The number of ether oxygens (including phenoxy) is 3. The van der Waals surface area contributed by atoms with Crippen LogP contribution in [0.25, 0.3) is 16.5 Å². The fourth-order valence-electron chi connectivity index (χ4n) is 2.34. The molecule has 1 aromatic rings. The fourth-order valence-corrected chi connectivity index (χ4v) is 2.34. The quantitative estimate of drug-likeness (QED) is 0.185. The van der Waals surface area contributed by atoms with Crippen LogP contribution in [0.15, 0.2) is 35.5 Å². The van der Waals surface area contributed by atoms with Gasteiger partial charge in [-0.05, 0) is 63.3 Å². The van der Waals surface area contributed by atoms with Crippen LogP contribution in [-0.4, -0.2) is 44.0 Å². The summed E-state index contributed by atoms with van der Waals surface area (Å²) in [4.78, 5) is 26.5. The van der Waals surface area contributed by atoms with Gasteiger partial charge in [0.25, 0.3) is 0 Å². The first-order chi connectivity index (χ1) is 14.2. The topological polar surface area (TPSA) is 123 Å². The fraction of sp³-hybridized carbons (Fsp3) is 0.524. The van der Waals surface area contributed by atoms with Crippen molar-refractivity contribution in [3.8, 4) is 5.75 Å². The summed E-state index contributed by atoms with van der Waals surface area (Å²) < 4.78 is 15.6. The molecule has 164 valence electrons. The van der Waals surface area contributed by atoms with Gasteiger partial charge in [0, 0.05) is 11.5 Å². The number of unbranched alkanes of at least 4 members (excludes halogenated alkanes) is 1. The molecule has 0 aliphatic rings. The molecule has 0 saturated heterocycles. The molecule has 0 spiro atoms. The molecule has 30 heavy (non-hydrogen) atoms. The Labute approximate surface area is 177 Å². The van der Waals surface area contributed by atoms with Gasteiger partial charge in [0.05, 0.1) is 13.7 Å². The average Bonchev–Trinajstić information content (AvgIpc) is 2.69. The first-order valence-corrected chi connectivity index (χ1v) is 9.73. The minimum absolute atomic E-state index is 0.259. The minimum Gasteiger partial charge on any atom is -0.494 e. The largest absolute Gasteiger partial charge is 0.494 e. The van der Waals surface area contributed by atoms with E-state index in [0.29, 0.717) is 13.2 Å². The molecule has 1 rings (SSSR count). The molecule has 9 heteroatoms. The molecule has 0 unspecified atom stereocenters. The number of methoxy groups -OCH3 is 1. The van der Waals surface area contributed by atoms with Crippen molar-refractivity contribution in [3.63, 3.8) is 0 Å². The van der Waals surface area contributed by atoms with Crippen molar-refractivity contribution in [3.05, 3.63) is 46.3 Å². The van der Waals surface area contributed by atoms with E-state index in [1.54, 1.807) is 26.8 Å². The number of carbonyl (C=O) groups excluding carboxylic acids is 2. The van der Waals surface area contributed by atoms with Crippen molar-refractivity contribution in [2.45, 2.75) is 51.7 Å². The van der Waals surface area contributed by atoms with Crippen LogP contribution >= 0.6 is 0 Å². The summed E-state index contributed by atoms with van der Waals surface area (Å²) in [6.07, 6.45) is 4.80. The van der Waals surface area contributed by atoms with E-state index in [1.165, 1.54) is 7.11 Å². The Morgan fingerprint density at radius 3 is 2.53 bits per heavy atom. The number of esters is 1. The zero-order chi connectivity index (χ0) is 22.4. The summed E-state index contributed by atoms with van der Waals surface area (Å²) in [5.41, 5.74) is 8.48. The number of carbonyl (C=O) groups is 2. The molecule has 1 N–H and O–H groups in total. The van der Waals surface area contributed by atoms with Gasteiger partial charge in [-0.2, -0.15) is 0 Å². The van der Waals surface area contributed by atoms with Crippen LogP contribution in [0.1, 0.15) is 45.6 Å². The standard InChI is InChI=1S/C21H30N4O5/c1-21(2,3)30-20(27)24-18(19(26)28-4)9-7-8-16-10-12-17(13-11-16)29-15-6-5-14-23-25-22/h7-8,10-13,18H,5-6,9,14-15H2,1-4H3,(H,24,27)/b8-7-/t18-/m0/s1. The summed E-state index contributed by atoms with van der Waals surface area (Å²) in [6.45, 7) is 6.26. The minimum atomic E-state index is -0.839. The highest BCUT2D eigenvalue weighted by molar-refractivity contribution is 5.81. The van der Waals surface area contributed by atoms with Gasteiger partial charge < -0.3 is 19.5 Å². The molecule has 0 bridgehead atoms. The molecule has 0 fully saturated rings. The van der Waals surface area contributed by atoms with E-state index in [4.69, 9.17) is 19.7 Å². The Kier molecular flexibility index (Phi) is 10.9. The van der Waals surface area contributed by atoms with Gasteiger partial charge in [0.15, 0.2) is 0 Å². The smallest absolute Gasteiger partial charge is 0.408 e. The lowest BCUT2D eigenvalue weighted by atomic mass is 10.1. The van der Waals surface area contributed by atoms with Crippen molar-refractivity contribution in [2.24, 2.45) is 5.11 Å². The van der Waals surface area contributed by atoms with Crippen LogP contribution in [0.2, 0.25) is 0 Å². The monoisotopic (exact) mass is 418 g/mol. The lowest BCUT2D eigenvalue weighted by Crippen LogP contribution is -2.43. The predicted molar refractivity (Wildman–Crippen MR) is 114 cm³/mol. The van der Waals surface area contributed by atoms with E-state index in [0.717, 1.165) is 24.2 Å². The van der Waals surface area contributed by atoms with Crippen molar-refractivity contribution in [2.75, 3.05) is 20.3 Å². The van der Waals surface area contributed by atoms with E-state index in [1.807, 2.05) is 30.3 Å². The molecule has 0 aliphatic carbocycles. The highest BCUT2D eigenvalue weighted by Crippen LogP contribution is 2.14. The molecule has 1 aromatic carbocycles. The number of hydrogen-bond donors (Lipinski definition) is 1. The molecule has 0 radical (unpaired) electrons. The summed E-state index contributed by atoms with van der Waals surface area (Å²) >= 11 is 0. The van der Waals surface area contributed by atoms with Gasteiger partial charge >= 0.3 is 12.1 Å². The normalized spacial score (nSPS) is 12.0.